The van der Waals surface area contributed by atoms with Gasteiger partial charge in [-0.3, -0.25) is 19.3 Å². The molecule has 3 amide bonds. The third-order valence-electron chi connectivity index (χ3n) is 5.59. The summed E-state index contributed by atoms with van der Waals surface area (Å²) in [6.07, 6.45) is 3.75. The van der Waals surface area contributed by atoms with E-state index < -0.39 is 29.4 Å². The zero-order valence-corrected chi connectivity index (χ0v) is 19.6. The van der Waals surface area contributed by atoms with E-state index in [0.29, 0.717) is 17.1 Å². The zero-order valence-electron chi connectivity index (χ0n) is 18.8. The van der Waals surface area contributed by atoms with Gasteiger partial charge in [0.1, 0.15) is 23.9 Å². The molecule has 0 bridgehead atoms. The highest BCUT2D eigenvalue weighted by atomic mass is 32.2. The fourth-order valence-corrected chi connectivity index (χ4v) is 4.73. The molecule has 2 fully saturated rings. The van der Waals surface area contributed by atoms with E-state index >= 15 is 0 Å². The van der Waals surface area contributed by atoms with Crippen LogP contribution in [0.3, 0.4) is 0 Å². The molecule has 0 saturated carbocycles. The Balaban J connectivity index is 1.54. The van der Waals surface area contributed by atoms with Gasteiger partial charge in [0.15, 0.2) is 0 Å². The molecule has 0 atom stereocenters. The molecule has 10 heteroatoms. The molecule has 2 aliphatic heterocycles. The maximum absolute atomic E-state index is 13.8. The number of carbonyl (C=O) groups is 3. The molecule has 0 aromatic heterocycles. The average Bonchev–Trinajstić information content (AvgIpc) is 3.45. The molecule has 4 rings (SSSR count). The SMILES string of the molecule is COc1cc(N2CCCC2)c(OC)cc1/C=C1\SC(=O)N(CC(=O)Nc2ccccc2F)C1=O. The van der Waals surface area contributed by atoms with E-state index in [-0.39, 0.29) is 10.6 Å². The molecule has 178 valence electrons. The molecular weight excluding hydrogens is 461 g/mol. The van der Waals surface area contributed by atoms with Gasteiger partial charge in [-0.15, -0.1) is 0 Å². The molecule has 34 heavy (non-hydrogen) atoms. The molecule has 2 aromatic carbocycles. The van der Waals surface area contributed by atoms with E-state index in [1.807, 2.05) is 6.07 Å². The van der Waals surface area contributed by atoms with Gasteiger partial charge < -0.3 is 19.7 Å². The van der Waals surface area contributed by atoms with Gasteiger partial charge in [-0.2, -0.15) is 0 Å². The van der Waals surface area contributed by atoms with Crippen LogP contribution in [-0.4, -0.2) is 55.8 Å². The second kappa shape index (κ2) is 10.2. The Kier molecular flexibility index (Phi) is 7.06. The lowest BCUT2D eigenvalue weighted by Gasteiger charge is -2.22. The molecule has 8 nitrogen and oxygen atoms in total. The van der Waals surface area contributed by atoms with Crippen LogP contribution in [0.15, 0.2) is 41.3 Å². The molecule has 0 aliphatic carbocycles. The number of amides is 3. The van der Waals surface area contributed by atoms with Crippen LogP contribution in [0, 0.1) is 5.82 Å². The van der Waals surface area contributed by atoms with Gasteiger partial charge in [-0.25, -0.2) is 4.39 Å². The maximum Gasteiger partial charge on any atom is 0.294 e. The van der Waals surface area contributed by atoms with E-state index in [0.717, 1.165) is 48.3 Å². The molecule has 0 unspecified atom stereocenters. The highest BCUT2D eigenvalue weighted by Crippen LogP contribution is 2.40. The molecule has 2 aromatic rings. The van der Waals surface area contributed by atoms with Crippen LogP contribution in [0.5, 0.6) is 11.5 Å². The van der Waals surface area contributed by atoms with Crippen molar-refractivity contribution in [1.82, 2.24) is 4.90 Å². The number of para-hydroxylation sites is 1. The Morgan fingerprint density at radius 1 is 1.12 bits per heavy atom. The first kappa shape index (κ1) is 23.6. The molecule has 0 spiro atoms. The fourth-order valence-electron chi connectivity index (χ4n) is 3.90. The number of rotatable bonds is 7. The molecule has 2 heterocycles. The van der Waals surface area contributed by atoms with Crippen LogP contribution in [0.1, 0.15) is 18.4 Å². The van der Waals surface area contributed by atoms with Crippen molar-refractivity contribution in [2.24, 2.45) is 0 Å². The minimum absolute atomic E-state index is 0.0232. The van der Waals surface area contributed by atoms with Crippen molar-refractivity contribution < 1.29 is 28.2 Å². The van der Waals surface area contributed by atoms with Crippen molar-refractivity contribution in [2.45, 2.75) is 12.8 Å². The summed E-state index contributed by atoms with van der Waals surface area (Å²) in [4.78, 5) is 40.9. The lowest BCUT2D eigenvalue weighted by atomic mass is 10.1. The van der Waals surface area contributed by atoms with E-state index in [1.54, 1.807) is 25.3 Å². The lowest BCUT2D eigenvalue weighted by molar-refractivity contribution is -0.127. The lowest BCUT2D eigenvalue weighted by Crippen LogP contribution is -2.36. The summed E-state index contributed by atoms with van der Waals surface area (Å²) < 4.78 is 24.9. The molecule has 0 radical (unpaired) electrons. The first-order valence-corrected chi connectivity index (χ1v) is 11.5. The van der Waals surface area contributed by atoms with E-state index in [9.17, 15) is 18.8 Å². The smallest absolute Gasteiger partial charge is 0.294 e. The van der Waals surface area contributed by atoms with Crippen LogP contribution >= 0.6 is 11.8 Å². The van der Waals surface area contributed by atoms with Crippen molar-refractivity contribution in [3.05, 3.63) is 52.7 Å². The van der Waals surface area contributed by atoms with Crippen molar-refractivity contribution >= 4 is 46.3 Å². The summed E-state index contributed by atoms with van der Waals surface area (Å²) in [5.41, 5.74) is 1.46. The van der Waals surface area contributed by atoms with Crippen LogP contribution in [0.2, 0.25) is 0 Å². The van der Waals surface area contributed by atoms with Crippen LogP contribution < -0.4 is 19.7 Å². The highest BCUT2D eigenvalue weighted by Gasteiger charge is 2.36. The molecule has 1 N–H and O–H groups in total. The highest BCUT2D eigenvalue weighted by molar-refractivity contribution is 8.18. The fraction of sp³-hybridized carbons (Fsp3) is 0.292. The summed E-state index contributed by atoms with van der Waals surface area (Å²) in [5, 5.41) is 1.80. The molecule has 2 saturated heterocycles. The summed E-state index contributed by atoms with van der Waals surface area (Å²) in [6, 6.07) is 9.29. The number of ether oxygens (including phenoxy) is 2. The van der Waals surface area contributed by atoms with Gasteiger partial charge >= 0.3 is 0 Å². The van der Waals surface area contributed by atoms with Gasteiger partial charge in [0, 0.05) is 24.7 Å². The monoisotopic (exact) mass is 485 g/mol. The minimum atomic E-state index is -0.678. The third kappa shape index (κ3) is 4.86. The summed E-state index contributed by atoms with van der Waals surface area (Å²) in [7, 11) is 3.11. The van der Waals surface area contributed by atoms with Crippen molar-refractivity contribution in [1.29, 1.82) is 0 Å². The number of nitrogens with one attached hydrogen (secondary N) is 1. The largest absolute Gasteiger partial charge is 0.496 e. The predicted molar refractivity (Wildman–Crippen MR) is 129 cm³/mol. The second-order valence-corrected chi connectivity index (χ2v) is 8.75. The second-order valence-electron chi connectivity index (χ2n) is 7.76. The number of carbonyl (C=O) groups excluding carboxylic acids is 3. The first-order chi connectivity index (χ1) is 16.4. The van der Waals surface area contributed by atoms with Crippen LogP contribution in [0.25, 0.3) is 6.08 Å². The number of methoxy groups -OCH3 is 2. The number of hydrogen-bond acceptors (Lipinski definition) is 7. The van der Waals surface area contributed by atoms with Crippen molar-refractivity contribution in [2.75, 3.05) is 44.1 Å². The third-order valence-corrected chi connectivity index (χ3v) is 6.50. The summed E-state index contributed by atoms with van der Waals surface area (Å²) >= 11 is 0.728. The number of hydrogen-bond donors (Lipinski definition) is 1. The number of imide groups is 1. The minimum Gasteiger partial charge on any atom is -0.496 e. The quantitative estimate of drug-likeness (QED) is 0.591. The number of benzene rings is 2. The first-order valence-electron chi connectivity index (χ1n) is 10.7. The Labute approximate surface area is 200 Å². The standard InChI is InChI=1S/C24H24FN3O5S/c1-32-19-13-18(27-9-5-6-10-27)20(33-2)11-15(19)12-21-23(30)28(24(31)34-21)14-22(29)26-17-8-4-3-7-16(17)25/h3-4,7-8,11-13H,5-6,9-10,14H2,1-2H3,(H,26,29)/b21-12-. The van der Waals surface area contributed by atoms with Gasteiger partial charge in [0.05, 0.1) is 30.5 Å². The molecular formula is C24H24FN3O5S. The predicted octanol–water partition coefficient (Wildman–Crippen LogP) is 4.12. The number of thioether (sulfide) groups is 1. The summed E-state index contributed by atoms with van der Waals surface area (Å²) in [6.45, 7) is 1.32. The van der Waals surface area contributed by atoms with Gasteiger partial charge in [-0.05, 0) is 48.9 Å². The number of halogens is 1. The summed E-state index contributed by atoms with van der Waals surface area (Å²) in [5.74, 6) is -0.723. The topological polar surface area (TPSA) is 88.2 Å². The van der Waals surface area contributed by atoms with Crippen molar-refractivity contribution in [3.63, 3.8) is 0 Å². The zero-order chi connectivity index (χ0) is 24.2. The maximum atomic E-state index is 13.8. The van der Waals surface area contributed by atoms with E-state index in [4.69, 9.17) is 9.47 Å². The van der Waals surface area contributed by atoms with E-state index in [1.165, 1.54) is 25.3 Å². The van der Waals surface area contributed by atoms with Crippen LogP contribution in [0.4, 0.5) is 20.6 Å². The Morgan fingerprint density at radius 3 is 2.50 bits per heavy atom. The van der Waals surface area contributed by atoms with Gasteiger partial charge in [0.2, 0.25) is 5.91 Å². The van der Waals surface area contributed by atoms with Crippen molar-refractivity contribution in [3.8, 4) is 11.5 Å². The Bertz CT molecular complexity index is 1160. The van der Waals surface area contributed by atoms with Crippen LogP contribution in [-0.2, 0) is 9.59 Å². The normalized spacial score (nSPS) is 17.0. The van der Waals surface area contributed by atoms with Gasteiger partial charge in [0.25, 0.3) is 11.1 Å². The number of nitrogens with zero attached hydrogens (tertiary/aromatic N) is 2. The Morgan fingerprint density at radius 2 is 1.82 bits per heavy atom. The van der Waals surface area contributed by atoms with E-state index in [2.05, 4.69) is 10.2 Å². The molecule has 2 aliphatic rings. The van der Waals surface area contributed by atoms with Gasteiger partial charge in [-0.1, -0.05) is 12.1 Å². The number of anilines is 2. The Hall–Kier alpha value is -3.53. The average molecular weight is 486 g/mol.